The molecule has 1 aliphatic rings. The van der Waals surface area contributed by atoms with E-state index < -0.39 is 0 Å². The first kappa shape index (κ1) is 12.0. The van der Waals surface area contributed by atoms with Gasteiger partial charge in [-0.15, -0.1) is 0 Å². The van der Waals surface area contributed by atoms with Gasteiger partial charge in [-0.05, 0) is 26.2 Å². The van der Waals surface area contributed by atoms with Gasteiger partial charge in [-0.2, -0.15) is 0 Å². The SMILES string of the molecule is CCOC1CCN(CC(O)CC)CC1. The fourth-order valence-corrected chi connectivity index (χ4v) is 1.92. The molecule has 1 saturated heterocycles. The molecule has 0 saturated carbocycles. The third-order valence-corrected chi connectivity index (χ3v) is 2.88. The van der Waals surface area contributed by atoms with E-state index >= 15 is 0 Å². The lowest BCUT2D eigenvalue weighted by Gasteiger charge is -2.32. The number of hydrogen-bond donors (Lipinski definition) is 1. The Kier molecular flexibility index (Phi) is 5.45. The summed E-state index contributed by atoms with van der Waals surface area (Å²) in [5.74, 6) is 0. The molecule has 0 amide bonds. The first-order chi connectivity index (χ1) is 6.76. The number of aliphatic hydroxyl groups is 1. The number of hydrogen-bond acceptors (Lipinski definition) is 3. The second-order valence-corrected chi connectivity index (χ2v) is 4.02. The highest BCUT2D eigenvalue weighted by Gasteiger charge is 2.20. The molecule has 0 aromatic carbocycles. The fraction of sp³-hybridized carbons (Fsp3) is 1.00. The fourth-order valence-electron chi connectivity index (χ4n) is 1.92. The molecule has 1 unspecified atom stereocenters. The minimum absolute atomic E-state index is 0.154. The number of likely N-dealkylation sites (tertiary alicyclic amines) is 1. The van der Waals surface area contributed by atoms with E-state index in [0.29, 0.717) is 6.10 Å². The van der Waals surface area contributed by atoms with Crippen LogP contribution in [0.2, 0.25) is 0 Å². The highest BCUT2D eigenvalue weighted by molar-refractivity contribution is 4.74. The Balaban J connectivity index is 2.15. The summed E-state index contributed by atoms with van der Waals surface area (Å²) < 4.78 is 5.57. The van der Waals surface area contributed by atoms with E-state index in [-0.39, 0.29) is 6.10 Å². The summed E-state index contributed by atoms with van der Waals surface area (Å²) in [6, 6.07) is 0. The van der Waals surface area contributed by atoms with Crippen LogP contribution in [-0.4, -0.2) is 48.5 Å². The maximum atomic E-state index is 9.51. The molecule has 0 aliphatic carbocycles. The zero-order chi connectivity index (χ0) is 10.4. The molecule has 0 aromatic rings. The molecule has 1 aliphatic heterocycles. The van der Waals surface area contributed by atoms with Gasteiger partial charge >= 0.3 is 0 Å². The third-order valence-electron chi connectivity index (χ3n) is 2.88. The van der Waals surface area contributed by atoms with E-state index in [1.807, 2.05) is 13.8 Å². The van der Waals surface area contributed by atoms with Gasteiger partial charge in [0, 0.05) is 26.2 Å². The van der Waals surface area contributed by atoms with Crippen molar-refractivity contribution in [3.8, 4) is 0 Å². The molecule has 1 atom stereocenters. The Labute approximate surface area is 87.1 Å². The van der Waals surface area contributed by atoms with Crippen molar-refractivity contribution in [3.05, 3.63) is 0 Å². The Bertz CT molecular complexity index is 144. The molecule has 0 bridgehead atoms. The van der Waals surface area contributed by atoms with E-state index in [2.05, 4.69) is 4.90 Å². The summed E-state index contributed by atoms with van der Waals surface area (Å²) in [5.41, 5.74) is 0. The quantitative estimate of drug-likeness (QED) is 0.727. The molecular weight excluding hydrogens is 178 g/mol. The lowest BCUT2D eigenvalue weighted by molar-refractivity contribution is 0.00321. The van der Waals surface area contributed by atoms with Gasteiger partial charge in [0.25, 0.3) is 0 Å². The van der Waals surface area contributed by atoms with Gasteiger partial charge < -0.3 is 14.7 Å². The van der Waals surface area contributed by atoms with E-state index in [1.54, 1.807) is 0 Å². The molecule has 1 rings (SSSR count). The zero-order valence-corrected chi connectivity index (χ0v) is 9.41. The Morgan fingerprint density at radius 1 is 1.36 bits per heavy atom. The molecule has 3 nitrogen and oxygen atoms in total. The lowest BCUT2D eigenvalue weighted by Crippen LogP contribution is -2.40. The van der Waals surface area contributed by atoms with Crippen LogP contribution >= 0.6 is 0 Å². The van der Waals surface area contributed by atoms with E-state index in [0.717, 1.165) is 45.5 Å². The summed E-state index contributed by atoms with van der Waals surface area (Å²) in [6.07, 6.45) is 3.38. The topological polar surface area (TPSA) is 32.7 Å². The van der Waals surface area contributed by atoms with Crippen LogP contribution in [0.15, 0.2) is 0 Å². The van der Waals surface area contributed by atoms with Crippen LogP contribution in [0, 0.1) is 0 Å². The maximum absolute atomic E-state index is 9.51. The summed E-state index contributed by atoms with van der Waals surface area (Å²) in [5, 5.41) is 9.51. The normalized spacial score (nSPS) is 22.5. The van der Waals surface area contributed by atoms with Gasteiger partial charge in [-0.1, -0.05) is 6.92 Å². The van der Waals surface area contributed by atoms with Crippen molar-refractivity contribution in [1.82, 2.24) is 4.90 Å². The number of ether oxygens (including phenoxy) is 1. The molecule has 14 heavy (non-hydrogen) atoms. The second-order valence-electron chi connectivity index (χ2n) is 4.02. The molecule has 1 heterocycles. The van der Waals surface area contributed by atoms with Gasteiger partial charge in [0.2, 0.25) is 0 Å². The minimum atomic E-state index is -0.154. The number of β-amino-alcohol motifs (C(OH)–C–C–N with tert-alkyl or cyclic N) is 1. The molecule has 0 radical (unpaired) electrons. The van der Waals surface area contributed by atoms with Crippen LogP contribution in [0.5, 0.6) is 0 Å². The second kappa shape index (κ2) is 6.38. The molecule has 3 heteroatoms. The Morgan fingerprint density at radius 3 is 2.50 bits per heavy atom. The van der Waals surface area contributed by atoms with Crippen molar-refractivity contribution >= 4 is 0 Å². The monoisotopic (exact) mass is 201 g/mol. The Hall–Kier alpha value is -0.120. The molecule has 84 valence electrons. The van der Waals surface area contributed by atoms with Crippen molar-refractivity contribution in [2.45, 2.75) is 45.3 Å². The molecule has 0 aromatic heterocycles. The first-order valence-corrected chi connectivity index (χ1v) is 5.78. The molecular formula is C11H23NO2. The van der Waals surface area contributed by atoms with Gasteiger partial charge in [-0.25, -0.2) is 0 Å². The summed E-state index contributed by atoms with van der Waals surface area (Å²) in [4.78, 5) is 2.34. The van der Waals surface area contributed by atoms with Crippen molar-refractivity contribution in [2.24, 2.45) is 0 Å². The number of nitrogens with zero attached hydrogens (tertiary/aromatic N) is 1. The summed E-state index contributed by atoms with van der Waals surface area (Å²) in [6.45, 7) is 7.87. The largest absolute Gasteiger partial charge is 0.392 e. The van der Waals surface area contributed by atoms with Crippen molar-refractivity contribution in [1.29, 1.82) is 0 Å². The number of piperidine rings is 1. The third kappa shape index (κ3) is 3.95. The minimum Gasteiger partial charge on any atom is -0.392 e. The predicted molar refractivity (Wildman–Crippen MR) is 57.4 cm³/mol. The van der Waals surface area contributed by atoms with Crippen LogP contribution < -0.4 is 0 Å². The molecule has 0 spiro atoms. The van der Waals surface area contributed by atoms with Crippen molar-refractivity contribution in [3.63, 3.8) is 0 Å². The van der Waals surface area contributed by atoms with Crippen molar-refractivity contribution < 1.29 is 9.84 Å². The van der Waals surface area contributed by atoms with E-state index in [4.69, 9.17) is 4.74 Å². The highest BCUT2D eigenvalue weighted by Crippen LogP contribution is 2.14. The smallest absolute Gasteiger partial charge is 0.0664 e. The van der Waals surface area contributed by atoms with Crippen LogP contribution in [0.1, 0.15) is 33.1 Å². The van der Waals surface area contributed by atoms with Crippen molar-refractivity contribution in [2.75, 3.05) is 26.2 Å². The zero-order valence-electron chi connectivity index (χ0n) is 9.41. The standard InChI is InChI=1S/C11H23NO2/c1-3-10(13)9-12-7-5-11(6-8-12)14-4-2/h10-11,13H,3-9H2,1-2H3. The van der Waals surface area contributed by atoms with E-state index in [1.165, 1.54) is 0 Å². The van der Waals surface area contributed by atoms with Crippen LogP contribution in [0.3, 0.4) is 0 Å². The molecule has 1 N–H and O–H groups in total. The Morgan fingerprint density at radius 2 is 2.00 bits per heavy atom. The summed E-state index contributed by atoms with van der Waals surface area (Å²) in [7, 11) is 0. The maximum Gasteiger partial charge on any atom is 0.0664 e. The van der Waals surface area contributed by atoms with E-state index in [9.17, 15) is 5.11 Å². The first-order valence-electron chi connectivity index (χ1n) is 5.78. The van der Waals surface area contributed by atoms with Gasteiger partial charge in [0.15, 0.2) is 0 Å². The summed E-state index contributed by atoms with van der Waals surface area (Å²) >= 11 is 0. The van der Waals surface area contributed by atoms with Crippen LogP contribution in [0.25, 0.3) is 0 Å². The van der Waals surface area contributed by atoms with Crippen LogP contribution in [0.4, 0.5) is 0 Å². The molecule has 1 fully saturated rings. The lowest BCUT2D eigenvalue weighted by atomic mass is 10.1. The van der Waals surface area contributed by atoms with Gasteiger partial charge in [0.05, 0.1) is 12.2 Å². The van der Waals surface area contributed by atoms with Crippen LogP contribution in [-0.2, 0) is 4.74 Å². The highest BCUT2D eigenvalue weighted by atomic mass is 16.5. The predicted octanol–water partition coefficient (Wildman–Crippen LogP) is 1.26. The number of rotatable bonds is 5. The average Bonchev–Trinajstić information content (AvgIpc) is 2.21. The van der Waals surface area contributed by atoms with Gasteiger partial charge in [-0.3, -0.25) is 0 Å². The van der Waals surface area contributed by atoms with Gasteiger partial charge in [0.1, 0.15) is 0 Å². The number of aliphatic hydroxyl groups excluding tert-OH is 1. The average molecular weight is 201 g/mol.